The molecule has 0 unspecified atom stereocenters. The number of aryl methyl sites for hydroxylation is 1. The third kappa shape index (κ3) is 5.94. The van der Waals surface area contributed by atoms with Crippen molar-refractivity contribution in [3.05, 3.63) is 93.9 Å². The van der Waals surface area contributed by atoms with Crippen molar-refractivity contribution in [3.63, 3.8) is 0 Å². The van der Waals surface area contributed by atoms with Gasteiger partial charge >= 0.3 is 0 Å². The maximum absolute atomic E-state index is 13.0. The van der Waals surface area contributed by atoms with E-state index in [-0.39, 0.29) is 11.7 Å². The number of thiophene rings is 1. The summed E-state index contributed by atoms with van der Waals surface area (Å²) in [7, 11) is 0. The topological polar surface area (TPSA) is 112 Å². The number of aromatic amines is 1. The number of anilines is 1. The lowest BCUT2D eigenvalue weighted by molar-refractivity contribution is 0.0956. The molecule has 0 fully saturated rings. The van der Waals surface area contributed by atoms with Gasteiger partial charge in [0.15, 0.2) is 0 Å². The average molecular weight is 495 g/mol. The number of thioether (sulfide) groups is 1. The fourth-order valence-electron chi connectivity index (χ4n) is 2.98. The van der Waals surface area contributed by atoms with Crippen LogP contribution in [-0.2, 0) is 5.75 Å². The molecule has 2 aromatic carbocycles. The van der Waals surface area contributed by atoms with Crippen molar-refractivity contribution in [2.24, 2.45) is 5.10 Å². The first-order valence-electron chi connectivity index (χ1n) is 10.1. The van der Waals surface area contributed by atoms with Crippen LogP contribution < -0.4 is 10.7 Å². The second-order valence-corrected chi connectivity index (χ2v) is 8.92. The number of carbonyl (C=O) groups excluding carboxylic acids is 2. The quantitative estimate of drug-likeness (QED) is 0.188. The van der Waals surface area contributed by atoms with Gasteiger partial charge in [0.05, 0.1) is 11.8 Å². The number of aromatic nitrogens is 3. The summed E-state index contributed by atoms with van der Waals surface area (Å²) >= 11 is 2.71. The molecular formula is C23H19FN6O2S2. The Kier molecular flexibility index (Phi) is 7.45. The first-order valence-corrected chi connectivity index (χ1v) is 11.9. The molecule has 0 bridgehead atoms. The molecule has 0 aliphatic carbocycles. The van der Waals surface area contributed by atoms with Crippen LogP contribution in [0.5, 0.6) is 0 Å². The highest BCUT2D eigenvalue weighted by atomic mass is 32.2. The van der Waals surface area contributed by atoms with Crippen molar-refractivity contribution < 1.29 is 14.0 Å². The minimum absolute atomic E-state index is 0.324. The second kappa shape index (κ2) is 10.9. The van der Waals surface area contributed by atoms with Crippen LogP contribution in [0.3, 0.4) is 0 Å². The molecule has 3 N–H and O–H groups in total. The zero-order valence-electron chi connectivity index (χ0n) is 17.9. The van der Waals surface area contributed by atoms with Gasteiger partial charge in [0.1, 0.15) is 17.1 Å². The van der Waals surface area contributed by atoms with Crippen molar-refractivity contribution in [3.8, 4) is 0 Å². The van der Waals surface area contributed by atoms with Crippen molar-refractivity contribution in [2.75, 3.05) is 5.32 Å². The molecule has 8 nitrogen and oxygen atoms in total. The summed E-state index contributed by atoms with van der Waals surface area (Å²) in [6, 6.07) is 12.9. The normalized spacial score (nSPS) is 11.0. The van der Waals surface area contributed by atoms with Gasteiger partial charge in [-0.1, -0.05) is 36.0 Å². The van der Waals surface area contributed by atoms with Crippen molar-refractivity contribution >= 4 is 46.1 Å². The van der Waals surface area contributed by atoms with Crippen molar-refractivity contribution in [2.45, 2.75) is 17.8 Å². The molecule has 2 amide bonds. The molecule has 4 aromatic rings. The largest absolute Gasteiger partial charge is 0.313 e. The van der Waals surface area contributed by atoms with Gasteiger partial charge in [-0.05, 0) is 53.3 Å². The van der Waals surface area contributed by atoms with Crippen LogP contribution in [0.4, 0.5) is 9.39 Å². The predicted octanol–water partition coefficient (Wildman–Crippen LogP) is 4.62. The minimum atomic E-state index is -0.455. The van der Waals surface area contributed by atoms with E-state index in [1.807, 2.05) is 6.07 Å². The number of rotatable bonds is 8. The fraction of sp³-hybridized carbons (Fsp3) is 0.0870. The monoisotopic (exact) mass is 494 g/mol. The molecule has 2 aromatic heterocycles. The second-order valence-electron chi connectivity index (χ2n) is 7.10. The van der Waals surface area contributed by atoms with Crippen molar-refractivity contribution in [1.29, 1.82) is 0 Å². The van der Waals surface area contributed by atoms with Gasteiger partial charge in [0, 0.05) is 11.3 Å². The Balaban J connectivity index is 1.41. The van der Waals surface area contributed by atoms with E-state index >= 15 is 0 Å². The number of nitrogens with one attached hydrogen (secondary N) is 3. The lowest BCUT2D eigenvalue weighted by Gasteiger charge is -2.08. The molecule has 0 saturated heterocycles. The zero-order valence-corrected chi connectivity index (χ0v) is 19.5. The highest BCUT2D eigenvalue weighted by Gasteiger charge is 2.19. The van der Waals surface area contributed by atoms with Crippen LogP contribution in [0, 0.1) is 12.7 Å². The van der Waals surface area contributed by atoms with Gasteiger partial charge in [-0.15, -0.1) is 16.4 Å². The third-order valence-electron chi connectivity index (χ3n) is 4.63. The molecule has 0 atom stereocenters. The summed E-state index contributed by atoms with van der Waals surface area (Å²) in [5.74, 6) is -0.523. The lowest BCUT2D eigenvalue weighted by Crippen LogP contribution is -2.21. The van der Waals surface area contributed by atoms with Crippen LogP contribution in [-0.4, -0.2) is 33.2 Å². The summed E-state index contributed by atoms with van der Waals surface area (Å²) in [6.07, 6.45) is 2.93. The number of carbonyl (C=O) groups is 2. The van der Waals surface area contributed by atoms with Crippen LogP contribution in [0.1, 0.15) is 37.4 Å². The van der Waals surface area contributed by atoms with Gasteiger partial charge in [0.25, 0.3) is 11.8 Å². The van der Waals surface area contributed by atoms with Gasteiger partial charge < -0.3 is 5.32 Å². The van der Waals surface area contributed by atoms with Gasteiger partial charge in [0.2, 0.25) is 5.16 Å². The van der Waals surface area contributed by atoms with Gasteiger partial charge in [-0.25, -0.2) is 14.8 Å². The number of hydrogen-bond donors (Lipinski definition) is 3. The smallest absolute Gasteiger partial charge is 0.274 e. The number of nitrogens with zero attached hydrogens (tertiary/aromatic N) is 3. The molecule has 4 rings (SSSR count). The first kappa shape index (κ1) is 23.3. The van der Waals surface area contributed by atoms with E-state index in [0.717, 1.165) is 5.56 Å². The molecule has 11 heteroatoms. The van der Waals surface area contributed by atoms with E-state index in [9.17, 15) is 14.0 Å². The Labute approximate surface area is 202 Å². The van der Waals surface area contributed by atoms with E-state index in [4.69, 9.17) is 0 Å². The number of H-pyrrole nitrogens is 1. The maximum atomic E-state index is 13.0. The number of hydrogen-bond acceptors (Lipinski definition) is 7. The Morgan fingerprint density at radius 2 is 2.03 bits per heavy atom. The number of amides is 2. The fourth-order valence-corrected chi connectivity index (χ4v) is 4.64. The Hall–Kier alpha value is -3.83. The number of hydrazone groups is 1. The van der Waals surface area contributed by atoms with Crippen LogP contribution in [0.25, 0.3) is 0 Å². The Morgan fingerprint density at radius 3 is 2.79 bits per heavy atom. The highest BCUT2D eigenvalue weighted by molar-refractivity contribution is 7.98. The average Bonchev–Trinajstić information content (AvgIpc) is 3.49. The molecule has 0 radical (unpaired) electrons. The minimum Gasteiger partial charge on any atom is -0.313 e. The molecule has 0 aliphatic rings. The first-order chi connectivity index (χ1) is 16.5. The van der Waals surface area contributed by atoms with Gasteiger partial charge in [-0.3, -0.25) is 14.7 Å². The van der Waals surface area contributed by atoms with E-state index < -0.39 is 5.91 Å². The van der Waals surface area contributed by atoms with Crippen molar-refractivity contribution in [1.82, 2.24) is 20.6 Å². The lowest BCUT2D eigenvalue weighted by atomic mass is 10.1. The van der Waals surface area contributed by atoms with E-state index in [0.29, 0.717) is 38.2 Å². The van der Waals surface area contributed by atoms with E-state index in [1.54, 1.807) is 42.6 Å². The SMILES string of the molecule is Cc1csc(NC(=O)c2cccc(CSc3nc[nH]n3)c2)c1C(=O)N/N=C/c1ccc(F)cc1. The molecule has 34 heavy (non-hydrogen) atoms. The number of halogens is 1. The standard InChI is InChI=1S/C23H19FN6O2S2/c1-14-11-33-22(19(14)21(32)29-26-10-15-5-7-18(24)8-6-15)28-20(31)17-4-2-3-16(9-17)12-34-23-25-13-27-30-23/h2-11,13H,12H2,1H3,(H,28,31)(H,29,32)(H,25,27,30)/b26-10+. The Bertz CT molecular complexity index is 1320. The number of benzene rings is 2. The van der Waals surface area contributed by atoms with Gasteiger partial charge in [-0.2, -0.15) is 5.10 Å². The summed E-state index contributed by atoms with van der Waals surface area (Å²) in [5, 5.41) is 16.3. The van der Waals surface area contributed by atoms with E-state index in [2.05, 4.69) is 31.0 Å². The molecule has 2 heterocycles. The third-order valence-corrected chi connectivity index (χ3v) is 6.57. The summed E-state index contributed by atoms with van der Waals surface area (Å²) in [4.78, 5) is 29.7. The molecular weight excluding hydrogens is 475 g/mol. The zero-order chi connectivity index (χ0) is 23.9. The Morgan fingerprint density at radius 1 is 1.21 bits per heavy atom. The molecule has 0 spiro atoms. The van der Waals surface area contributed by atoms with Crippen LogP contribution in [0.15, 0.2) is 70.5 Å². The summed E-state index contributed by atoms with van der Waals surface area (Å²) < 4.78 is 13.0. The predicted molar refractivity (Wildman–Crippen MR) is 131 cm³/mol. The van der Waals surface area contributed by atoms with Crippen LogP contribution >= 0.6 is 23.1 Å². The highest BCUT2D eigenvalue weighted by Crippen LogP contribution is 2.28. The van der Waals surface area contributed by atoms with E-state index in [1.165, 1.54) is 47.8 Å². The van der Waals surface area contributed by atoms with Crippen LogP contribution in [0.2, 0.25) is 0 Å². The molecule has 0 saturated carbocycles. The maximum Gasteiger partial charge on any atom is 0.274 e. The molecule has 0 aliphatic heterocycles. The molecule has 172 valence electrons. The summed E-state index contributed by atoms with van der Waals surface area (Å²) in [6.45, 7) is 1.78. The summed E-state index contributed by atoms with van der Waals surface area (Å²) in [5.41, 5.74) is 5.56.